The fourth-order valence-corrected chi connectivity index (χ4v) is 7.13. The molecule has 23 nitrogen and oxygen atoms in total. The largest absolute Gasteiger partial charge is 0.508 e. The van der Waals surface area contributed by atoms with Gasteiger partial charge in [-0.05, 0) is 44.4 Å². The fourth-order valence-electron chi connectivity index (χ4n) is 7.13. The van der Waals surface area contributed by atoms with Gasteiger partial charge in [-0.1, -0.05) is 12.1 Å². The topological polar surface area (TPSA) is 388 Å². The third kappa shape index (κ3) is 10.5. The highest BCUT2D eigenvalue weighted by Crippen LogP contribution is 2.26. The van der Waals surface area contributed by atoms with Gasteiger partial charge in [-0.25, -0.2) is 0 Å². The van der Waals surface area contributed by atoms with Crippen molar-refractivity contribution in [1.29, 1.82) is 0 Å². The molecule has 0 radical (unpaired) electrons. The van der Waals surface area contributed by atoms with Crippen molar-refractivity contribution in [3.63, 3.8) is 0 Å². The van der Waals surface area contributed by atoms with Crippen LogP contribution in [0, 0.1) is 0 Å². The Morgan fingerprint density at radius 2 is 1.38 bits per heavy atom. The zero-order valence-electron chi connectivity index (χ0n) is 31.6. The number of phenolic OH excluding ortho intramolecular Hbond substituents is 1. The maximum atomic E-state index is 14.2. The number of aliphatic hydroxyl groups is 7. The van der Waals surface area contributed by atoms with Crippen LogP contribution in [-0.4, -0.2) is 184 Å². The molecule has 23 heteroatoms. The van der Waals surface area contributed by atoms with E-state index >= 15 is 0 Å². The van der Waals surface area contributed by atoms with E-state index in [0.29, 0.717) is 0 Å². The molecule has 1 aromatic rings. The second-order valence-corrected chi connectivity index (χ2v) is 14.9. The van der Waals surface area contributed by atoms with Crippen molar-refractivity contribution in [2.24, 2.45) is 11.5 Å². The first-order valence-electron chi connectivity index (χ1n) is 18.5. The number of benzene rings is 1. The number of fused-ring (bicyclic) bond motifs is 2. The maximum Gasteiger partial charge on any atom is 0.248 e. The standard InChI is InChI=1S/C35H52N8O15/c1-13-21(48)10-18(36)30(53)39-24(14(2)44)34(57)43-12-17(46)9-19(43)31(54)41-26(29(52)28(51)15-3-5-16(45)6-4-15)32(55)40-25(22(49)11-23(37)50)35(58)42-8-7-20(47)27(42)33(56)38-13/h3-6,13-14,17-22,24-29,44-49,51-52H,7-12,36H2,1-2H3,(H2,37,50)(H,38,56)(H,39,53)(H,40,55)(H,41,54). The van der Waals surface area contributed by atoms with Gasteiger partial charge in [-0.15, -0.1) is 0 Å². The minimum atomic E-state index is -2.30. The lowest BCUT2D eigenvalue weighted by Gasteiger charge is -2.34. The molecule has 0 bridgehead atoms. The van der Waals surface area contributed by atoms with Crippen LogP contribution in [0.2, 0.25) is 0 Å². The molecule has 0 aliphatic carbocycles. The summed E-state index contributed by atoms with van der Waals surface area (Å²) in [6.07, 6.45) is -14.6. The summed E-state index contributed by atoms with van der Waals surface area (Å²) in [6.45, 7) is 1.60. The highest BCUT2D eigenvalue weighted by Gasteiger charge is 2.48. The monoisotopic (exact) mass is 824 g/mol. The Bertz CT molecular complexity index is 1700. The van der Waals surface area contributed by atoms with Crippen molar-refractivity contribution < 1.29 is 74.4 Å². The van der Waals surface area contributed by atoms with E-state index in [9.17, 15) is 74.4 Å². The number of carbonyl (C=O) groups is 7. The molecule has 322 valence electrons. The Morgan fingerprint density at radius 1 is 0.793 bits per heavy atom. The highest BCUT2D eigenvalue weighted by atomic mass is 16.3. The van der Waals surface area contributed by atoms with Gasteiger partial charge in [0.1, 0.15) is 48.2 Å². The van der Waals surface area contributed by atoms with Crippen molar-refractivity contribution in [2.45, 2.75) is 125 Å². The third-order valence-corrected chi connectivity index (χ3v) is 10.4. The number of nitrogens with zero attached hydrogens (tertiary/aromatic N) is 2. The predicted octanol–water partition coefficient (Wildman–Crippen LogP) is -7.62. The SMILES string of the molecule is CC(O)C1NC(=O)C(N)CC(O)C(C)NC(=O)C2C(O)CCN2C(=O)C(C(O)CC(N)=O)NC(=O)C(C(O)C(O)c2ccc(O)cc2)NC(=O)C2CC(O)CN2C1=O. The second kappa shape index (κ2) is 19.2. The number of aromatic hydroxyl groups is 1. The summed E-state index contributed by atoms with van der Waals surface area (Å²) < 4.78 is 0. The minimum Gasteiger partial charge on any atom is -0.508 e. The van der Waals surface area contributed by atoms with Crippen LogP contribution in [0.25, 0.3) is 0 Å². The Balaban J connectivity index is 1.83. The second-order valence-electron chi connectivity index (χ2n) is 14.9. The number of rotatable bonds is 7. The van der Waals surface area contributed by atoms with Gasteiger partial charge in [-0.2, -0.15) is 0 Å². The normalized spacial score (nSPS) is 33.0. The zero-order chi connectivity index (χ0) is 43.3. The number of primary amides is 1. The van der Waals surface area contributed by atoms with Gasteiger partial charge in [0.25, 0.3) is 0 Å². The first-order valence-corrected chi connectivity index (χ1v) is 18.5. The van der Waals surface area contributed by atoms with E-state index in [0.717, 1.165) is 28.9 Å². The molecule has 3 saturated heterocycles. The van der Waals surface area contributed by atoms with Gasteiger partial charge in [0, 0.05) is 19.5 Å². The third-order valence-electron chi connectivity index (χ3n) is 10.4. The van der Waals surface area contributed by atoms with Crippen LogP contribution in [0.5, 0.6) is 5.75 Å². The Hall–Kier alpha value is -5.01. The van der Waals surface area contributed by atoms with E-state index < -0.39 is 152 Å². The van der Waals surface area contributed by atoms with Gasteiger partial charge in [0.2, 0.25) is 41.4 Å². The molecular weight excluding hydrogens is 772 g/mol. The van der Waals surface area contributed by atoms with E-state index in [1.54, 1.807) is 0 Å². The van der Waals surface area contributed by atoms with Crippen molar-refractivity contribution in [2.75, 3.05) is 13.1 Å². The lowest BCUT2D eigenvalue weighted by molar-refractivity contribution is -0.148. The summed E-state index contributed by atoms with van der Waals surface area (Å²) in [5, 5.41) is 95.3. The van der Waals surface area contributed by atoms with Crippen molar-refractivity contribution in [3.8, 4) is 5.75 Å². The van der Waals surface area contributed by atoms with Crippen LogP contribution in [0.4, 0.5) is 0 Å². The van der Waals surface area contributed by atoms with Gasteiger partial charge < -0.3 is 83.4 Å². The molecule has 0 aromatic heterocycles. The fraction of sp³-hybridized carbons (Fsp3) is 0.629. The summed E-state index contributed by atoms with van der Waals surface area (Å²) in [4.78, 5) is 96.4. The minimum absolute atomic E-state index is 0.0860. The smallest absolute Gasteiger partial charge is 0.248 e. The summed E-state index contributed by atoms with van der Waals surface area (Å²) in [7, 11) is 0. The molecule has 0 saturated carbocycles. The quantitative estimate of drug-likeness (QED) is 0.121. The molecule has 1 aromatic carbocycles. The van der Waals surface area contributed by atoms with Crippen LogP contribution in [0.1, 0.15) is 51.2 Å². The van der Waals surface area contributed by atoms with Gasteiger partial charge in [0.15, 0.2) is 0 Å². The molecule has 14 unspecified atom stereocenters. The Labute approximate surface area is 331 Å². The molecule has 3 aliphatic rings. The zero-order valence-corrected chi connectivity index (χ0v) is 31.6. The average molecular weight is 825 g/mol. The summed E-state index contributed by atoms with van der Waals surface area (Å²) in [5.74, 6) is -8.48. The van der Waals surface area contributed by atoms with Crippen molar-refractivity contribution in [3.05, 3.63) is 29.8 Å². The number of hydrogen-bond donors (Lipinski definition) is 14. The molecule has 4 rings (SSSR count). The molecular formula is C35H52N8O15. The number of phenols is 1. The summed E-state index contributed by atoms with van der Waals surface area (Å²) in [6, 6.07) is -7.69. The van der Waals surface area contributed by atoms with Crippen LogP contribution in [0.3, 0.4) is 0 Å². The van der Waals surface area contributed by atoms with E-state index in [1.807, 2.05) is 0 Å². The van der Waals surface area contributed by atoms with Crippen LogP contribution < -0.4 is 32.7 Å². The van der Waals surface area contributed by atoms with Gasteiger partial charge in [0.05, 0.1) is 49.0 Å². The molecule has 58 heavy (non-hydrogen) atoms. The summed E-state index contributed by atoms with van der Waals surface area (Å²) >= 11 is 0. The van der Waals surface area contributed by atoms with Crippen molar-refractivity contribution in [1.82, 2.24) is 31.1 Å². The molecule has 3 aliphatic heterocycles. The molecule has 0 spiro atoms. The number of nitrogens with two attached hydrogens (primary N) is 2. The van der Waals surface area contributed by atoms with Crippen LogP contribution in [-0.2, 0) is 33.6 Å². The first kappa shape index (κ1) is 45.7. The Kier molecular flexibility index (Phi) is 15.1. The average Bonchev–Trinajstić information content (AvgIpc) is 3.75. The van der Waals surface area contributed by atoms with E-state index in [-0.39, 0.29) is 24.3 Å². The molecule has 14 atom stereocenters. The van der Waals surface area contributed by atoms with Gasteiger partial charge >= 0.3 is 0 Å². The van der Waals surface area contributed by atoms with Crippen molar-refractivity contribution >= 4 is 41.4 Å². The molecule has 3 fully saturated rings. The molecule has 3 heterocycles. The van der Waals surface area contributed by atoms with Crippen LogP contribution >= 0.6 is 0 Å². The van der Waals surface area contributed by atoms with Gasteiger partial charge in [-0.3, -0.25) is 33.6 Å². The lowest BCUT2D eigenvalue weighted by atomic mass is 9.96. The summed E-state index contributed by atoms with van der Waals surface area (Å²) in [5.41, 5.74) is 11.2. The van der Waals surface area contributed by atoms with Crippen LogP contribution in [0.15, 0.2) is 24.3 Å². The number of hydrogen-bond acceptors (Lipinski definition) is 16. The highest BCUT2D eigenvalue weighted by molar-refractivity contribution is 5.98. The first-order chi connectivity index (χ1) is 27.1. The number of nitrogens with one attached hydrogen (secondary N) is 4. The number of amides is 7. The predicted molar refractivity (Wildman–Crippen MR) is 195 cm³/mol. The van der Waals surface area contributed by atoms with E-state index in [1.165, 1.54) is 19.1 Å². The molecule has 7 amide bonds. The van der Waals surface area contributed by atoms with E-state index in [4.69, 9.17) is 11.5 Å². The Morgan fingerprint density at radius 3 is 1.98 bits per heavy atom. The van der Waals surface area contributed by atoms with E-state index in [2.05, 4.69) is 21.3 Å². The molecule has 16 N–H and O–H groups in total. The maximum absolute atomic E-state index is 14.2. The number of aliphatic hydroxyl groups excluding tert-OH is 7. The lowest BCUT2D eigenvalue weighted by Crippen LogP contribution is -2.64. The number of carbonyl (C=O) groups excluding carboxylic acids is 7.